The van der Waals surface area contributed by atoms with E-state index in [0.717, 1.165) is 18.5 Å². The highest BCUT2D eigenvalue weighted by Crippen LogP contribution is 2.39. The molecule has 2 rings (SSSR count). The number of halogens is 1. The van der Waals surface area contributed by atoms with Crippen LogP contribution < -0.4 is 5.73 Å². The van der Waals surface area contributed by atoms with Crippen molar-refractivity contribution in [3.63, 3.8) is 0 Å². The number of hydrogen-bond acceptors (Lipinski definition) is 4. The van der Waals surface area contributed by atoms with Crippen molar-refractivity contribution in [2.45, 2.75) is 51.3 Å². The zero-order valence-electron chi connectivity index (χ0n) is 12.4. The predicted molar refractivity (Wildman–Crippen MR) is 79.0 cm³/mol. The topological polar surface area (TPSA) is 62.3 Å². The van der Waals surface area contributed by atoms with Crippen molar-refractivity contribution in [1.29, 1.82) is 0 Å². The molecule has 0 spiro atoms. The average molecular weight is 302 g/mol. The third-order valence-corrected chi connectivity index (χ3v) is 4.20. The second-order valence-electron chi connectivity index (χ2n) is 5.50. The maximum Gasteiger partial charge on any atom is 0.0933 e. The van der Waals surface area contributed by atoms with Gasteiger partial charge in [-0.15, -0.1) is 0 Å². The van der Waals surface area contributed by atoms with E-state index in [1.165, 1.54) is 0 Å². The first-order chi connectivity index (χ1) is 9.52. The van der Waals surface area contributed by atoms with Crippen LogP contribution in [0.2, 0.25) is 5.02 Å². The number of nitrogens with zero attached hydrogens (tertiary/aromatic N) is 2. The summed E-state index contributed by atoms with van der Waals surface area (Å²) >= 11 is 6.32. The summed E-state index contributed by atoms with van der Waals surface area (Å²) in [6.07, 6.45) is 3.22. The predicted octanol–water partition coefficient (Wildman–Crippen LogP) is 2.70. The summed E-state index contributed by atoms with van der Waals surface area (Å²) in [6.45, 7) is 8.09. The second kappa shape index (κ2) is 6.43. The van der Waals surface area contributed by atoms with Crippen LogP contribution in [0.15, 0.2) is 6.20 Å². The van der Waals surface area contributed by atoms with Gasteiger partial charge in [0, 0.05) is 38.7 Å². The Labute approximate surface area is 125 Å². The van der Waals surface area contributed by atoms with Crippen molar-refractivity contribution in [3.05, 3.63) is 16.9 Å². The molecule has 0 bridgehead atoms. The van der Waals surface area contributed by atoms with E-state index in [-0.39, 0.29) is 12.1 Å². The fourth-order valence-corrected chi connectivity index (χ4v) is 3.10. The van der Waals surface area contributed by atoms with Crippen LogP contribution in [0.25, 0.3) is 0 Å². The van der Waals surface area contributed by atoms with Gasteiger partial charge < -0.3 is 15.2 Å². The number of rotatable bonds is 5. The van der Waals surface area contributed by atoms with Crippen LogP contribution in [0.5, 0.6) is 0 Å². The molecular weight excluding hydrogens is 278 g/mol. The van der Waals surface area contributed by atoms with Crippen LogP contribution in [-0.4, -0.2) is 35.2 Å². The molecule has 0 radical (unpaired) electrons. The molecule has 2 N–H and O–H groups in total. The maximum atomic E-state index is 6.55. The maximum absolute atomic E-state index is 6.55. The molecule has 1 unspecified atom stereocenters. The lowest BCUT2D eigenvalue weighted by atomic mass is 9.84. The largest absolute Gasteiger partial charge is 0.381 e. The van der Waals surface area contributed by atoms with Gasteiger partial charge in [0.15, 0.2) is 0 Å². The van der Waals surface area contributed by atoms with Crippen LogP contribution in [0.3, 0.4) is 0 Å². The minimum Gasteiger partial charge on any atom is -0.381 e. The summed E-state index contributed by atoms with van der Waals surface area (Å²) in [5, 5.41) is 4.95. The Morgan fingerprint density at radius 1 is 1.50 bits per heavy atom. The van der Waals surface area contributed by atoms with Gasteiger partial charge in [0.2, 0.25) is 0 Å². The Morgan fingerprint density at radius 3 is 2.70 bits per heavy atom. The summed E-state index contributed by atoms with van der Waals surface area (Å²) in [4.78, 5) is 0. The Hall–Kier alpha value is -0.620. The van der Waals surface area contributed by atoms with Gasteiger partial charge >= 0.3 is 0 Å². The van der Waals surface area contributed by atoms with E-state index in [9.17, 15) is 0 Å². The number of ether oxygens (including phenoxy) is 2. The van der Waals surface area contributed by atoms with Crippen molar-refractivity contribution in [2.75, 3.05) is 19.8 Å². The van der Waals surface area contributed by atoms with Crippen LogP contribution in [0.1, 0.15) is 51.4 Å². The van der Waals surface area contributed by atoms with E-state index in [0.29, 0.717) is 24.8 Å². The van der Waals surface area contributed by atoms with Crippen molar-refractivity contribution in [1.82, 2.24) is 9.78 Å². The van der Waals surface area contributed by atoms with Crippen LogP contribution >= 0.6 is 11.6 Å². The van der Waals surface area contributed by atoms with Gasteiger partial charge in [0.05, 0.1) is 28.6 Å². The molecule has 0 aliphatic carbocycles. The van der Waals surface area contributed by atoms with Crippen molar-refractivity contribution in [2.24, 2.45) is 5.73 Å². The van der Waals surface area contributed by atoms with Crippen LogP contribution in [0, 0.1) is 0 Å². The van der Waals surface area contributed by atoms with Gasteiger partial charge in [-0.25, -0.2) is 0 Å². The summed E-state index contributed by atoms with van der Waals surface area (Å²) in [6, 6.07) is -0.0918. The Kier molecular flexibility index (Phi) is 5.07. The SMILES string of the molecule is CCOC1(C(N)c2c(Cl)cnn2C(C)C)CCOCC1. The first kappa shape index (κ1) is 15.8. The first-order valence-corrected chi connectivity index (χ1v) is 7.60. The second-order valence-corrected chi connectivity index (χ2v) is 5.91. The lowest BCUT2D eigenvalue weighted by Gasteiger charge is -2.41. The van der Waals surface area contributed by atoms with Crippen molar-refractivity contribution in [3.8, 4) is 0 Å². The molecule has 20 heavy (non-hydrogen) atoms. The molecule has 1 aliphatic rings. The fourth-order valence-electron chi connectivity index (χ4n) is 2.85. The summed E-state index contributed by atoms with van der Waals surface area (Å²) in [7, 11) is 0. The molecule has 1 saturated heterocycles. The van der Waals surface area contributed by atoms with Gasteiger partial charge in [-0.1, -0.05) is 11.6 Å². The van der Waals surface area contributed by atoms with Gasteiger partial charge in [0.25, 0.3) is 0 Å². The minimum absolute atomic E-state index is 0.210. The highest BCUT2D eigenvalue weighted by Gasteiger charge is 2.42. The van der Waals surface area contributed by atoms with E-state index in [1.54, 1.807) is 6.20 Å². The summed E-state index contributed by atoms with van der Waals surface area (Å²) in [5.74, 6) is 0. The quantitative estimate of drug-likeness (QED) is 0.908. The van der Waals surface area contributed by atoms with Gasteiger partial charge in [-0.05, 0) is 20.8 Å². The first-order valence-electron chi connectivity index (χ1n) is 7.22. The molecular formula is C14H24ClN3O2. The van der Waals surface area contributed by atoms with E-state index in [2.05, 4.69) is 18.9 Å². The molecule has 114 valence electrons. The van der Waals surface area contributed by atoms with E-state index in [1.807, 2.05) is 11.6 Å². The zero-order chi connectivity index (χ0) is 14.8. The Bertz CT molecular complexity index is 436. The molecule has 2 heterocycles. The zero-order valence-corrected chi connectivity index (χ0v) is 13.2. The Balaban J connectivity index is 2.36. The molecule has 6 heteroatoms. The lowest BCUT2D eigenvalue weighted by molar-refractivity contribution is -0.122. The molecule has 1 atom stereocenters. The summed E-state index contributed by atoms with van der Waals surface area (Å²) in [5.41, 5.74) is 6.99. The number of aromatic nitrogens is 2. The average Bonchev–Trinajstić information content (AvgIpc) is 2.81. The smallest absolute Gasteiger partial charge is 0.0933 e. The molecule has 0 aromatic carbocycles. The van der Waals surface area contributed by atoms with E-state index < -0.39 is 5.60 Å². The fraction of sp³-hybridized carbons (Fsp3) is 0.786. The third-order valence-electron chi connectivity index (χ3n) is 3.91. The summed E-state index contributed by atoms with van der Waals surface area (Å²) < 4.78 is 13.4. The Morgan fingerprint density at radius 2 is 2.15 bits per heavy atom. The molecule has 0 saturated carbocycles. The van der Waals surface area contributed by atoms with Gasteiger partial charge in [-0.2, -0.15) is 5.10 Å². The number of nitrogens with two attached hydrogens (primary N) is 1. The monoisotopic (exact) mass is 301 g/mol. The highest BCUT2D eigenvalue weighted by molar-refractivity contribution is 6.31. The van der Waals surface area contributed by atoms with E-state index in [4.69, 9.17) is 26.8 Å². The number of hydrogen-bond donors (Lipinski definition) is 1. The van der Waals surface area contributed by atoms with Crippen molar-refractivity contribution >= 4 is 11.6 Å². The minimum atomic E-state index is -0.413. The molecule has 0 amide bonds. The van der Waals surface area contributed by atoms with E-state index >= 15 is 0 Å². The standard InChI is InChI=1S/C14H24ClN3O2/c1-4-20-14(5-7-19-8-6-14)13(16)12-11(15)9-17-18(12)10(2)3/h9-10,13H,4-8,16H2,1-3H3. The molecule has 1 fully saturated rings. The van der Waals surface area contributed by atoms with Gasteiger partial charge in [-0.3, -0.25) is 4.68 Å². The van der Waals surface area contributed by atoms with Gasteiger partial charge in [0.1, 0.15) is 0 Å². The molecule has 1 aliphatic heterocycles. The third kappa shape index (κ3) is 2.86. The van der Waals surface area contributed by atoms with Crippen LogP contribution in [-0.2, 0) is 9.47 Å². The molecule has 5 nitrogen and oxygen atoms in total. The molecule has 1 aromatic rings. The molecule has 1 aromatic heterocycles. The van der Waals surface area contributed by atoms with Crippen molar-refractivity contribution < 1.29 is 9.47 Å². The van der Waals surface area contributed by atoms with Crippen LogP contribution in [0.4, 0.5) is 0 Å². The normalized spacial score (nSPS) is 20.3. The highest BCUT2D eigenvalue weighted by atomic mass is 35.5. The lowest BCUT2D eigenvalue weighted by Crippen LogP contribution is -2.49.